The lowest BCUT2D eigenvalue weighted by Gasteiger charge is -2.23. The zero-order valence-corrected chi connectivity index (χ0v) is 19.1. The van der Waals surface area contributed by atoms with E-state index in [1.54, 1.807) is 24.3 Å². The summed E-state index contributed by atoms with van der Waals surface area (Å²) in [5, 5.41) is 5.24. The van der Waals surface area contributed by atoms with Crippen molar-refractivity contribution in [2.75, 3.05) is 30.6 Å². The van der Waals surface area contributed by atoms with E-state index in [-0.39, 0.29) is 28.2 Å². The van der Waals surface area contributed by atoms with Gasteiger partial charge in [0.1, 0.15) is 11.5 Å². The number of sulfone groups is 1. The van der Waals surface area contributed by atoms with Crippen LogP contribution >= 0.6 is 11.8 Å². The number of carbonyl (C=O) groups excluding carboxylic acids is 2. The van der Waals surface area contributed by atoms with Gasteiger partial charge in [-0.1, -0.05) is 6.92 Å². The Labute approximate surface area is 185 Å². The quantitative estimate of drug-likeness (QED) is 0.616. The van der Waals surface area contributed by atoms with Gasteiger partial charge in [-0.25, -0.2) is 8.42 Å². The number of nitrogens with one attached hydrogen (secondary N) is 2. The molecule has 8 nitrogen and oxygen atoms in total. The molecule has 2 N–H and O–H groups in total. The highest BCUT2D eigenvalue weighted by Crippen LogP contribution is 2.38. The van der Waals surface area contributed by atoms with E-state index in [1.165, 1.54) is 38.1 Å². The molecule has 0 saturated heterocycles. The van der Waals surface area contributed by atoms with E-state index >= 15 is 0 Å². The molecule has 0 aliphatic carbocycles. The molecule has 10 heteroatoms. The first-order valence-corrected chi connectivity index (χ1v) is 12.2. The van der Waals surface area contributed by atoms with Gasteiger partial charge in [-0.05, 0) is 36.8 Å². The van der Waals surface area contributed by atoms with Crippen molar-refractivity contribution in [3.8, 4) is 11.5 Å². The molecule has 2 aromatic rings. The van der Waals surface area contributed by atoms with Crippen molar-refractivity contribution in [3.63, 3.8) is 0 Å². The zero-order chi connectivity index (χ0) is 22.6. The van der Waals surface area contributed by atoms with Crippen molar-refractivity contribution in [1.29, 1.82) is 0 Å². The number of hydrogen-bond acceptors (Lipinski definition) is 7. The van der Waals surface area contributed by atoms with Crippen LogP contribution in [0.15, 0.2) is 46.2 Å². The molecule has 0 spiro atoms. The van der Waals surface area contributed by atoms with Gasteiger partial charge in [-0.15, -0.1) is 11.8 Å². The van der Waals surface area contributed by atoms with Gasteiger partial charge in [0.05, 0.1) is 41.5 Å². The van der Waals surface area contributed by atoms with Crippen LogP contribution in [-0.4, -0.2) is 45.5 Å². The van der Waals surface area contributed by atoms with E-state index < -0.39 is 15.7 Å². The van der Waals surface area contributed by atoms with Crippen LogP contribution in [-0.2, 0) is 19.4 Å². The van der Waals surface area contributed by atoms with Gasteiger partial charge in [0.15, 0.2) is 9.84 Å². The van der Waals surface area contributed by atoms with Crippen molar-refractivity contribution in [1.82, 2.24) is 0 Å². The fourth-order valence-corrected chi connectivity index (χ4v) is 5.34. The normalized spacial score (nSPS) is 15.6. The first-order chi connectivity index (χ1) is 14.8. The van der Waals surface area contributed by atoms with E-state index in [9.17, 15) is 18.0 Å². The topological polar surface area (TPSA) is 111 Å². The van der Waals surface area contributed by atoms with Crippen LogP contribution < -0.4 is 20.1 Å². The van der Waals surface area contributed by atoms with Gasteiger partial charge in [0.2, 0.25) is 11.8 Å². The third-order valence-corrected chi connectivity index (χ3v) is 7.94. The van der Waals surface area contributed by atoms with Crippen LogP contribution in [0, 0.1) is 0 Å². The largest absolute Gasteiger partial charge is 0.497 e. The minimum Gasteiger partial charge on any atom is -0.497 e. The molecule has 0 bridgehead atoms. The summed E-state index contributed by atoms with van der Waals surface area (Å²) in [5.41, 5.74) is 0.901. The van der Waals surface area contributed by atoms with Gasteiger partial charge in [0, 0.05) is 17.4 Å². The van der Waals surface area contributed by atoms with Crippen LogP contribution in [0.5, 0.6) is 11.5 Å². The third-order valence-electron chi connectivity index (χ3n) is 4.78. The second-order valence-corrected chi connectivity index (χ2v) is 10.2. The molecule has 0 radical (unpaired) electrons. The number of thioether (sulfide) groups is 1. The Morgan fingerprint density at radius 1 is 1.16 bits per heavy atom. The number of carbonyl (C=O) groups is 2. The van der Waals surface area contributed by atoms with Gasteiger partial charge >= 0.3 is 0 Å². The molecule has 0 unspecified atom stereocenters. The lowest BCUT2D eigenvalue weighted by molar-refractivity contribution is -0.116. The van der Waals surface area contributed by atoms with Crippen molar-refractivity contribution in [3.05, 3.63) is 36.4 Å². The number of benzene rings is 2. The smallest absolute Gasteiger partial charge is 0.237 e. The fraction of sp³-hybridized carbons (Fsp3) is 0.333. The Kier molecular flexibility index (Phi) is 7.11. The van der Waals surface area contributed by atoms with Crippen LogP contribution in [0.1, 0.15) is 19.8 Å². The molecule has 2 amide bonds. The highest BCUT2D eigenvalue weighted by Gasteiger charge is 2.27. The molecule has 0 saturated carbocycles. The molecule has 166 valence electrons. The van der Waals surface area contributed by atoms with Gasteiger partial charge in [-0.2, -0.15) is 0 Å². The molecule has 2 aromatic carbocycles. The Morgan fingerprint density at radius 3 is 2.61 bits per heavy atom. The van der Waals surface area contributed by atoms with E-state index in [0.29, 0.717) is 29.3 Å². The highest BCUT2D eigenvalue weighted by molar-refractivity contribution is 8.01. The summed E-state index contributed by atoms with van der Waals surface area (Å²) in [4.78, 5) is 25.3. The second-order valence-electron chi connectivity index (χ2n) is 6.85. The van der Waals surface area contributed by atoms with Crippen LogP contribution in [0.4, 0.5) is 11.4 Å². The van der Waals surface area contributed by atoms with E-state index in [4.69, 9.17) is 9.47 Å². The lowest BCUT2D eigenvalue weighted by atomic mass is 10.2. The first kappa shape index (κ1) is 23.0. The molecular formula is C21H24N2O6S2. The average Bonchev–Trinajstić information content (AvgIpc) is 2.77. The van der Waals surface area contributed by atoms with Crippen LogP contribution in [0.2, 0.25) is 0 Å². The molecule has 0 fully saturated rings. The second kappa shape index (κ2) is 9.61. The van der Waals surface area contributed by atoms with Gasteiger partial charge in [0.25, 0.3) is 0 Å². The minimum absolute atomic E-state index is 0.0666. The Morgan fingerprint density at radius 2 is 1.94 bits per heavy atom. The Balaban J connectivity index is 1.67. The van der Waals surface area contributed by atoms with Gasteiger partial charge in [-0.3, -0.25) is 9.59 Å². The lowest BCUT2D eigenvalue weighted by Crippen LogP contribution is -2.28. The predicted octanol–water partition coefficient (Wildman–Crippen LogP) is 3.33. The maximum atomic E-state index is 12.7. The molecule has 31 heavy (non-hydrogen) atoms. The van der Waals surface area contributed by atoms with Crippen molar-refractivity contribution in [2.24, 2.45) is 0 Å². The monoisotopic (exact) mass is 464 g/mol. The van der Waals surface area contributed by atoms with Crippen molar-refractivity contribution < 1.29 is 27.5 Å². The van der Waals surface area contributed by atoms with Crippen molar-refractivity contribution >= 4 is 44.8 Å². The standard InChI is InChI=1S/C21H24N2O6S2/c1-4-18-21(25)23-16-12-14(6-8-19(16)30-18)31(26,27)10-9-20(24)22-15-7-5-13(28-2)11-17(15)29-3/h5-8,11-12,18H,4,9-10H2,1-3H3,(H,22,24)(H,23,25)/t18-/m0/s1. The number of anilines is 2. The Hall–Kier alpha value is -2.72. The maximum Gasteiger partial charge on any atom is 0.237 e. The van der Waals surface area contributed by atoms with E-state index in [0.717, 1.165) is 4.90 Å². The fourth-order valence-electron chi connectivity index (χ4n) is 3.05. The third kappa shape index (κ3) is 5.31. The maximum absolute atomic E-state index is 12.7. The number of hydrogen-bond donors (Lipinski definition) is 2. The average molecular weight is 465 g/mol. The molecule has 0 aromatic heterocycles. The SMILES string of the molecule is CC[C@@H]1Sc2ccc(S(=O)(=O)CCC(=O)Nc3ccc(OC)cc3OC)cc2NC1=O. The number of ether oxygens (including phenoxy) is 2. The summed E-state index contributed by atoms with van der Waals surface area (Å²) in [5.74, 6) is 0.0145. The minimum atomic E-state index is -3.72. The number of rotatable bonds is 8. The zero-order valence-electron chi connectivity index (χ0n) is 17.4. The van der Waals surface area contributed by atoms with E-state index in [1.807, 2.05) is 6.92 Å². The molecule has 1 aliphatic rings. The molecule has 1 atom stereocenters. The Bertz CT molecular complexity index is 1100. The summed E-state index contributed by atoms with van der Waals surface area (Å²) in [7, 11) is -0.735. The number of methoxy groups -OCH3 is 2. The first-order valence-electron chi connectivity index (χ1n) is 9.63. The molecule has 3 rings (SSSR count). The summed E-state index contributed by atoms with van der Waals surface area (Å²) in [6.45, 7) is 1.92. The van der Waals surface area contributed by atoms with E-state index in [2.05, 4.69) is 10.6 Å². The van der Waals surface area contributed by atoms with Crippen LogP contribution in [0.3, 0.4) is 0 Å². The summed E-state index contributed by atoms with van der Waals surface area (Å²) < 4.78 is 35.8. The van der Waals surface area contributed by atoms with Crippen molar-refractivity contribution in [2.45, 2.75) is 34.8 Å². The molecule has 1 heterocycles. The molecular weight excluding hydrogens is 440 g/mol. The summed E-state index contributed by atoms with van der Waals surface area (Å²) >= 11 is 1.42. The predicted molar refractivity (Wildman–Crippen MR) is 120 cm³/mol. The number of fused-ring (bicyclic) bond motifs is 1. The summed E-state index contributed by atoms with van der Waals surface area (Å²) in [6.07, 6.45) is 0.456. The summed E-state index contributed by atoms with van der Waals surface area (Å²) in [6, 6.07) is 9.56. The van der Waals surface area contributed by atoms with Gasteiger partial charge < -0.3 is 20.1 Å². The molecule has 1 aliphatic heterocycles. The highest BCUT2D eigenvalue weighted by atomic mass is 32.2. The number of amides is 2. The van der Waals surface area contributed by atoms with Crippen LogP contribution in [0.25, 0.3) is 0 Å².